The fourth-order valence-corrected chi connectivity index (χ4v) is 4.49. The fourth-order valence-electron chi connectivity index (χ4n) is 4.49. The minimum Gasteiger partial charge on any atom is -0.497 e. The topological polar surface area (TPSA) is 80.3 Å². The Balaban J connectivity index is 1.47. The van der Waals surface area contributed by atoms with E-state index in [0.29, 0.717) is 54.2 Å². The summed E-state index contributed by atoms with van der Waals surface area (Å²) in [7, 11) is 5.34. The highest BCUT2D eigenvalue weighted by atomic mass is 16.5. The summed E-state index contributed by atoms with van der Waals surface area (Å²) in [5.41, 5.74) is 2.34. The molecule has 0 bridgehead atoms. The highest BCUT2D eigenvalue weighted by Crippen LogP contribution is 2.33. The number of anilines is 1. The predicted octanol–water partition coefficient (Wildman–Crippen LogP) is 3.24. The summed E-state index contributed by atoms with van der Waals surface area (Å²) < 4.78 is 17.0. The van der Waals surface area contributed by atoms with Gasteiger partial charge in [0.15, 0.2) is 0 Å². The number of hydrogen-bond donors (Lipinski definition) is 0. The Morgan fingerprint density at radius 2 is 1.56 bits per heavy atom. The van der Waals surface area contributed by atoms with E-state index in [2.05, 4.69) is 16.8 Å². The van der Waals surface area contributed by atoms with E-state index in [1.165, 1.54) is 0 Å². The Hall–Kier alpha value is -3.85. The molecule has 9 nitrogen and oxygen atoms in total. The van der Waals surface area contributed by atoms with Gasteiger partial charge in [0.2, 0.25) is 11.8 Å². The molecule has 0 spiro atoms. The first kappa shape index (κ1) is 23.9. The van der Waals surface area contributed by atoms with Crippen LogP contribution in [0.2, 0.25) is 0 Å². The smallest absolute Gasteiger partial charge is 0.254 e. The number of hydrogen-bond acceptors (Lipinski definition) is 8. The van der Waals surface area contributed by atoms with E-state index in [1.54, 1.807) is 26.4 Å². The summed E-state index contributed by atoms with van der Waals surface area (Å²) in [6.07, 6.45) is 0.628. The van der Waals surface area contributed by atoms with Gasteiger partial charge in [-0.05, 0) is 37.4 Å². The highest BCUT2D eigenvalue weighted by Gasteiger charge is 2.29. The Bertz CT molecular complexity index is 1240. The molecule has 36 heavy (non-hydrogen) atoms. The minimum absolute atomic E-state index is 0.0602. The van der Waals surface area contributed by atoms with Crippen LogP contribution in [0, 0.1) is 0 Å². The molecule has 0 N–H and O–H groups in total. The third kappa shape index (κ3) is 5.06. The van der Waals surface area contributed by atoms with Crippen LogP contribution in [0.25, 0.3) is 0 Å². The molecule has 2 aliphatic rings. The lowest BCUT2D eigenvalue weighted by Crippen LogP contribution is -2.45. The first-order chi connectivity index (χ1) is 17.5. The molecule has 0 unspecified atom stereocenters. The molecule has 3 aromatic rings. The molecular weight excluding hydrogens is 458 g/mol. The van der Waals surface area contributed by atoms with Gasteiger partial charge in [0.1, 0.15) is 17.2 Å². The van der Waals surface area contributed by atoms with Crippen molar-refractivity contribution < 1.29 is 19.0 Å². The van der Waals surface area contributed by atoms with E-state index in [1.807, 2.05) is 41.3 Å². The van der Waals surface area contributed by atoms with E-state index >= 15 is 0 Å². The number of rotatable bonds is 6. The van der Waals surface area contributed by atoms with Crippen molar-refractivity contribution in [3.63, 3.8) is 0 Å². The minimum atomic E-state index is -0.0602. The average Bonchev–Trinajstić information content (AvgIpc) is 2.93. The number of likely N-dealkylation sites (N-methyl/N-ethyl adjacent to an activating group) is 1. The zero-order valence-electron chi connectivity index (χ0n) is 20.9. The van der Waals surface area contributed by atoms with E-state index in [4.69, 9.17) is 24.2 Å². The molecule has 0 aliphatic carbocycles. The predicted molar refractivity (Wildman–Crippen MR) is 136 cm³/mol. The second kappa shape index (κ2) is 10.4. The second-order valence-corrected chi connectivity index (χ2v) is 9.03. The summed E-state index contributed by atoms with van der Waals surface area (Å²) in [5.74, 6) is 3.06. The Morgan fingerprint density at radius 1 is 0.861 bits per heavy atom. The maximum absolute atomic E-state index is 13.3. The van der Waals surface area contributed by atoms with Gasteiger partial charge >= 0.3 is 0 Å². The lowest BCUT2D eigenvalue weighted by molar-refractivity contribution is 0.0731. The van der Waals surface area contributed by atoms with Crippen molar-refractivity contribution in [1.82, 2.24) is 19.8 Å². The molecule has 0 saturated carbocycles. The standard InChI is InChI=1S/C27H31N5O4/c1-30-12-14-31(15-13-30)27-28-24-10-11-32(26(33)19-6-4-7-20(16-19)34-2)18-23(24)25(29-27)36-22-9-5-8-21(17-22)35-3/h4-9,16-17H,10-15,18H2,1-3H3. The van der Waals surface area contributed by atoms with Crippen LogP contribution in [0.15, 0.2) is 48.5 Å². The second-order valence-electron chi connectivity index (χ2n) is 9.03. The Kier molecular flexibility index (Phi) is 6.90. The van der Waals surface area contributed by atoms with Gasteiger partial charge in [-0.25, -0.2) is 4.98 Å². The van der Waals surface area contributed by atoms with Crippen molar-refractivity contribution >= 4 is 11.9 Å². The molecule has 0 atom stereocenters. The van der Waals surface area contributed by atoms with Gasteiger partial charge in [-0.3, -0.25) is 4.79 Å². The number of fused-ring (bicyclic) bond motifs is 1. The van der Waals surface area contributed by atoms with Crippen LogP contribution in [0.3, 0.4) is 0 Å². The van der Waals surface area contributed by atoms with Crippen LogP contribution in [-0.2, 0) is 13.0 Å². The molecule has 1 aromatic heterocycles. The molecule has 188 valence electrons. The SMILES string of the molecule is COc1cccc(Oc2nc(N3CCN(C)CC3)nc3c2CN(C(=O)c2cccc(OC)c2)CC3)c1. The number of carbonyl (C=O) groups excluding carboxylic acids is 1. The number of ether oxygens (including phenoxy) is 3. The van der Waals surface area contributed by atoms with Crippen molar-refractivity contribution in [3.05, 3.63) is 65.4 Å². The third-order valence-electron chi connectivity index (χ3n) is 6.66. The van der Waals surface area contributed by atoms with Crippen LogP contribution >= 0.6 is 0 Å². The summed E-state index contributed by atoms with van der Waals surface area (Å²) in [4.78, 5) is 29.4. The van der Waals surface area contributed by atoms with Crippen LogP contribution in [0.1, 0.15) is 21.6 Å². The molecule has 5 rings (SSSR count). The largest absolute Gasteiger partial charge is 0.497 e. The van der Waals surface area contributed by atoms with Crippen LogP contribution in [0.5, 0.6) is 23.1 Å². The molecule has 1 amide bonds. The summed E-state index contributed by atoms with van der Waals surface area (Å²) in [6, 6.07) is 14.7. The van der Waals surface area contributed by atoms with E-state index in [9.17, 15) is 4.79 Å². The Labute approximate surface area is 211 Å². The van der Waals surface area contributed by atoms with Gasteiger partial charge in [0.05, 0.1) is 32.0 Å². The molecule has 2 aromatic carbocycles. The van der Waals surface area contributed by atoms with Gasteiger partial charge in [-0.15, -0.1) is 0 Å². The monoisotopic (exact) mass is 489 g/mol. The van der Waals surface area contributed by atoms with Crippen molar-refractivity contribution in [3.8, 4) is 23.1 Å². The van der Waals surface area contributed by atoms with Gasteiger partial charge in [0.25, 0.3) is 5.91 Å². The van der Waals surface area contributed by atoms with Crippen molar-refractivity contribution in [2.45, 2.75) is 13.0 Å². The number of carbonyl (C=O) groups is 1. The van der Waals surface area contributed by atoms with Gasteiger partial charge in [0, 0.05) is 50.8 Å². The molecule has 3 heterocycles. The van der Waals surface area contributed by atoms with Crippen molar-refractivity contribution in [1.29, 1.82) is 0 Å². The zero-order chi connectivity index (χ0) is 25.1. The number of piperazine rings is 1. The summed E-state index contributed by atoms with van der Waals surface area (Å²) >= 11 is 0. The fraction of sp³-hybridized carbons (Fsp3) is 0.370. The molecule has 9 heteroatoms. The zero-order valence-corrected chi connectivity index (χ0v) is 20.9. The van der Waals surface area contributed by atoms with Crippen LogP contribution < -0.4 is 19.1 Å². The summed E-state index contributed by atoms with van der Waals surface area (Å²) in [6.45, 7) is 4.56. The molecule has 1 saturated heterocycles. The lowest BCUT2D eigenvalue weighted by Gasteiger charge is -2.34. The van der Waals surface area contributed by atoms with Gasteiger partial charge < -0.3 is 28.9 Å². The maximum Gasteiger partial charge on any atom is 0.254 e. The molecule has 2 aliphatic heterocycles. The van der Waals surface area contributed by atoms with Crippen LogP contribution in [-0.4, -0.2) is 79.7 Å². The molecule has 0 radical (unpaired) electrons. The highest BCUT2D eigenvalue weighted by molar-refractivity contribution is 5.94. The van der Waals surface area contributed by atoms with Crippen molar-refractivity contribution in [2.75, 3.05) is 58.9 Å². The quantitative estimate of drug-likeness (QED) is 0.522. The normalized spacial score (nSPS) is 15.9. The van der Waals surface area contributed by atoms with Crippen molar-refractivity contribution in [2.24, 2.45) is 0 Å². The van der Waals surface area contributed by atoms with E-state index < -0.39 is 0 Å². The Morgan fingerprint density at radius 3 is 2.31 bits per heavy atom. The number of methoxy groups -OCH3 is 2. The number of aromatic nitrogens is 2. The summed E-state index contributed by atoms with van der Waals surface area (Å²) in [5, 5.41) is 0. The third-order valence-corrected chi connectivity index (χ3v) is 6.66. The number of nitrogens with zero attached hydrogens (tertiary/aromatic N) is 5. The van der Waals surface area contributed by atoms with E-state index in [-0.39, 0.29) is 5.91 Å². The molecule has 1 fully saturated rings. The molecular formula is C27H31N5O4. The lowest BCUT2D eigenvalue weighted by atomic mass is 10.0. The van der Waals surface area contributed by atoms with Gasteiger partial charge in [-0.2, -0.15) is 4.98 Å². The number of amides is 1. The first-order valence-corrected chi connectivity index (χ1v) is 12.1. The first-order valence-electron chi connectivity index (χ1n) is 12.1. The average molecular weight is 490 g/mol. The maximum atomic E-state index is 13.3. The van der Waals surface area contributed by atoms with Crippen LogP contribution in [0.4, 0.5) is 5.95 Å². The number of benzene rings is 2. The van der Waals surface area contributed by atoms with E-state index in [0.717, 1.165) is 37.4 Å². The van der Waals surface area contributed by atoms with Gasteiger partial charge in [-0.1, -0.05) is 12.1 Å².